The smallest absolute Gasteiger partial charge is 0.252 e. The standard InChI is InChI=1S/C103H67BN4/c1-101(2,3)68-59-98-100-99(60-68)108(93-43-23-14-28-71(93)67-47-51-89-80(57-67)77-34-12-21-41-87(77)103(89)84-38-18-9-31-74(84)75-32-10-19-39-85(75)103)97-61-69(106-94-44-24-15-35-78(94)81-55-63(62-105)45-53-95(81)106)49-52-90(97)104(100)91-58-65(64-25-5-4-6-26-64)48-54-96(91)107(98)92-42-22-13-27-70(92)66-46-50-88-79(56-66)76-33-11-20-40-86(76)102(88)82-36-16-7-29-72(82)73-30-8-17-37-83(73)102/h4-61H,1-3H3/i15D,24D,35D,44D,45D,53D,55D. The Morgan fingerprint density at radius 2 is 0.769 bits per heavy atom. The van der Waals surface area contributed by atoms with E-state index in [1.165, 1.54) is 83.5 Å². The van der Waals surface area contributed by atoms with E-state index in [2.05, 4.69) is 334 Å². The van der Waals surface area contributed by atoms with E-state index in [-0.39, 0.29) is 45.5 Å². The van der Waals surface area contributed by atoms with E-state index >= 15 is 0 Å². The number of rotatable bonds is 6. The predicted molar refractivity (Wildman–Crippen MR) is 447 cm³/mol. The lowest BCUT2D eigenvalue weighted by molar-refractivity contribution is 0.590. The van der Waals surface area contributed by atoms with Gasteiger partial charge in [-0.3, -0.25) is 0 Å². The Bertz CT molecular complexity index is 7220. The fraction of sp³-hybridized carbons (Fsp3) is 0.0583. The van der Waals surface area contributed by atoms with Gasteiger partial charge < -0.3 is 14.4 Å². The van der Waals surface area contributed by atoms with Crippen molar-refractivity contribution in [2.24, 2.45) is 0 Å². The first kappa shape index (κ1) is 54.1. The summed E-state index contributed by atoms with van der Waals surface area (Å²) in [5.74, 6) is 0. The first-order valence-corrected chi connectivity index (χ1v) is 37.2. The van der Waals surface area contributed by atoms with Crippen LogP contribution in [0.2, 0.25) is 0 Å². The Morgan fingerprint density at radius 1 is 0.333 bits per heavy atom. The number of anilines is 6. The van der Waals surface area contributed by atoms with Crippen molar-refractivity contribution in [3.63, 3.8) is 0 Å². The van der Waals surface area contributed by atoms with Crippen LogP contribution in [-0.4, -0.2) is 11.3 Å². The van der Waals surface area contributed by atoms with Gasteiger partial charge >= 0.3 is 0 Å². The van der Waals surface area contributed by atoms with E-state index in [1.54, 1.807) is 4.57 Å². The van der Waals surface area contributed by atoms with E-state index in [4.69, 9.17) is 1.37 Å². The van der Waals surface area contributed by atoms with Crippen LogP contribution in [0.25, 0.3) is 105 Å². The number of para-hydroxylation sites is 3. The highest BCUT2D eigenvalue weighted by Crippen LogP contribution is 2.66. The molecule has 5 heteroatoms. The Morgan fingerprint density at radius 3 is 1.28 bits per heavy atom. The monoisotopic (exact) mass is 1380 g/mol. The summed E-state index contributed by atoms with van der Waals surface area (Å²) in [4.78, 5) is 4.94. The lowest BCUT2D eigenvalue weighted by Gasteiger charge is -2.46. The topological polar surface area (TPSA) is 35.2 Å². The largest absolute Gasteiger partial charge is 0.311 e. The highest BCUT2D eigenvalue weighted by atomic mass is 15.2. The van der Waals surface area contributed by atoms with E-state index in [0.29, 0.717) is 5.69 Å². The third-order valence-corrected chi connectivity index (χ3v) is 24.5. The highest BCUT2D eigenvalue weighted by molar-refractivity contribution is 7.00. The van der Waals surface area contributed by atoms with Gasteiger partial charge in [0.1, 0.15) is 0 Å². The third-order valence-electron chi connectivity index (χ3n) is 24.5. The Hall–Kier alpha value is -13.5. The van der Waals surface area contributed by atoms with Crippen molar-refractivity contribution in [2.45, 2.75) is 37.0 Å². The van der Waals surface area contributed by atoms with Gasteiger partial charge in [-0.2, -0.15) is 5.26 Å². The van der Waals surface area contributed by atoms with Gasteiger partial charge in [-0.05, 0) is 217 Å². The van der Waals surface area contributed by atoms with E-state index < -0.39 is 47.1 Å². The summed E-state index contributed by atoms with van der Waals surface area (Å²) in [5, 5.41) is 10.6. The van der Waals surface area contributed by atoms with Crippen molar-refractivity contribution in [1.29, 1.82) is 5.26 Å². The van der Waals surface area contributed by atoms with Crippen LogP contribution in [0.15, 0.2) is 352 Å². The summed E-state index contributed by atoms with van der Waals surface area (Å²) < 4.78 is 68.3. The van der Waals surface area contributed by atoms with Gasteiger partial charge in [-0.15, -0.1) is 0 Å². The van der Waals surface area contributed by atoms with Gasteiger partial charge in [0.2, 0.25) is 0 Å². The molecule has 0 atom stereocenters. The maximum Gasteiger partial charge on any atom is 0.252 e. The molecule has 108 heavy (non-hydrogen) atoms. The van der Waals surface area contributed by atoms with Gasteiger partial charge in [-0.1, -0.05) is 294 Å². The second kappa shape index (κ2) is 22.3. The van der Waals surface area contributed by atoms with Crippen LogP contribution in [0.4, 0.5) is 34.1 Å². The molecule has 2 aliphatic heterocycles. The Kier molecular flexibility index (Phi) is 11.2. The lowest BCUT2D eigenvalue weighted by atomic mass is 9.33. The minimum atomic E-state index is -0.571. The molecule has 6 aliphatic rings. The third kappa shape index (κ3) is 8.03. The number of aromatic nitrogens is 1. The summed E-state index contributed by atoms with van der Waals surface area (Å²) in [6.45, 7) is 6.38. The second-order valence-electron chi connectivity index (χ2n) is 30.6. The first-order valence-electron chi connectivity index (χ1n) is 40.7. The maximum atomic E-state index is 10.6. The van der Waals surface area contributed by atoms with Crippen LogP contribution in [0.3, 0.4) is 0 Å². The number of fused-ring (bicyclic) bond motifs is 27. The average Bonchev–Trinajstić information content (AvgIpc) is 1.60. The zero-order chi connectivity index (χ0) is 77.6. The predicted octanol–water partition coefficient (Wildman–Crippen LogP) is 23.7. The minimum Gasteiger partial charge on any atom is -0.311 e. The molecular formula is C103H67BN4. The summed E-state index contributed by atoms with van der Waals surface area (Å²) in [5.41, 5.74) is 34.4. The zero-order valence-corrected chi connectivity index (χ0v) is 59.3. The molecule has 2 spiro atoms. The quantitative estimate of drug-likeness (QED) is 0.156. The van der Waals surface area contributed by atoms with Crippen molar-refractivity contribution in [3.05, 3.63) is 407 Å². The van der Waals surface area contributed by atoms with Crippen molar-refractivity contribution in [1.82, 2.24) is 4.57 Å². The Balaban J connectivity index is 0.802. The first-order chi connectivity index (χ1) is 56.1. The number of hydrogen-bond acceptors (Lipinski definition) is 3. The summed E-state index contributed by atoms with van der Waals surface area (Å²) in [6.07, 6.45) is 0. The van der Waals surface area contributed by atoms with Crippen molar-refractivity contribution < 1.29 is 9.60 Å². The molecule has 4 aliphatic carbocycles. The van der Waals surface area contributed by atoms with E-state index in [1.807, 2.05) is 12.1 Å². The zero-order valence-electron chi connectivity index (χ0n) is 66.3. The molecule has 0 bridgehead atoms. The molecule has 502 valence electrons. The van der Waals surface area contributed by atoms with E-state index in [9.17, 15) is 13.5 Å². The fourth-order valence-corrected chi connectivity index (χ4v) is 20.1. The molecule has 0 radical (unpaired) electrons. The minimum absolute atomic E-state index is 0.000667. The van der Waals surface area contributed by atoms with Gasteiger partial charge in [0.05, 0.1) is 54.5 Å². The molecule has 0 fully saturated rings. The van der Waals surface area contributed by atoms with Gasteiger partial charge in [0, 0.05) is 50.3 Å². The molecular weight excluding hydrogens is 1300 g/mol. The molecule has 1 aromatic heterocycles. The highest BCUT2D eigenvalue weighted by Gasteiger charge is 2.54. The molecule has 17 aromatic rings. The van der Waals surface area contributed by atoms with Gasteiger partial charge in [0.15, 0.2) is 0 Å². The van der Waals surface area contributed by atoms with Crippen LogP contribution in [0, 0.1) is 11.3 Å². The van der Waals surface area contributed by atoms with Crippen LogP contribution in [-0.2, 0) is 16.2 Å². The van der Waals surface area contributed by atoms with Crippen molar-refractivity contribution in [3.8, 4) is 89.6 Å². The van der Waals surface area contributed by atoms with Crippen LogP contribution < -0.4 is 26.2 Å². The fourth-order valence-electron chi connectivity index (χ4n) is 20.1. The molecule has 0 saturated carbocycles. The molecule has 0 saturated heterocycles. The summed E-state index contributed by atoms with van der Waals surface area (Å²) >= 11 is 0. The number of benzene rings is 16. The normalized spacial score (nSPS) is 15.1. The summed E-state index contributed by atoms with van der Waals surface area (Å²) in [7, 11) is 0. The SMILES string of the molecule is [2H]c1c([2H])c([2H])c2c(c1[2H])c1c([2H])c(C#N)c([2H])c([2H])c1n2-c1ccc2c(c1)N(c1ccccc1-c1ccc3c(c1)-c1ccccc1C31c3ccccc3-c3ccccc31)c1cc(C(C)(C)C)cc3c1B2c1cc(-c2ccccc2)ccc1N3c1ccccc1-c1ccc2c(c1)-c1ccccc1C21c2ccccc2-c2ccccc21. The molecule has 0 unspecified atom stereocenters. The maximum absolute atomic E-state index is 10.6. The van der Waals surface area contributed by atoms with Crippen LogP contribution in [0.1, 0.15) is 86.0 Å². The number of nitrogens with zero attached hydrogens (tertiary/aromatic N) is 4. The molecule has 0 N–H and O–H groups in total. The lowest BCUT2D eigenvalue weighted by Crippen LogP contribution is -2.61. The molecule has 23 rings (SSSR count). The number of hydrogen-bond donors (Lipinski definition) is 0. The van der Waals surface area contributed by atoms with Crippen LogP contribution >= 0.6 is 0 Å². The second-order valence-corrected chi connectivity index (χ2v) is 30.6. The molecule has 4 nitrogen and oxygen atoms in total. The van der Waals surface area contributed by atoms with Gasteiger partial charge in [0.25, 0.3) is 6.71 Å². The van der Waals surface area contributed by atoms with Crippen LogP contribution in [0.5, 0.6) is 0 Å². The molecule has 3 heterocycles. The van der Waals surface area contributed by atoms with E-state index in [0.717, 1.165) is 95.0 Å². The average molecular weight is 1380 g/mol. The van der Waals surface area contributed by atoms with Crippen molar-refractivity contribution in [2.75, 3.05) is 9.80 Å². The Labute approximate surface area is 638 Å². The summed E-state index contributed by atoms with van der Waals surface area (Å²) in [6, 6.07) is 113. The molecule has 0 amide bonds. The van der Waals surface area contributed by atoms with Gasteiger partial charge in [-0.25, -0.2) is 0 Å². The number of nitriles is 1. The molecule has 16 aromatic carbocycles. The van der Waals surface area contributed by atoms with Crippen molar-refractivity contribution >= 4 is 79.0 Å².